The first-order chi connectivity index (χ1) is 26.7. The summed E-state index contributed by atoms with van der Waals surface area (Å²) in [5, 5.41) is 74.7. The van der Waals surface area contributed by atoms with E-state index >= 15 is 0 Å². The number of rotatable bonds is 9. The van der Waals surface area contributed by atoms with Gasteiger partial charge in [-0.05, 0) is 58.5 Å². The van der Waals surface area contributed by atoms with E-state index in [9.17, 15) is 59.4 Å². The monoisotopic (exact) mass is 805 g/mol. The first-order valence-corrected chi connectivity index (χ1v) is 19.0. The molecule has 9 atom stereocenters. The fourth-order valence-corrected chi connectivity index (χ4v) is 10.8. The minimum Gasteiger partial charge on any atom is -0.508 e. The van der Waals surface area contributed by atoms with Gasteiger partial charge in [0.2, 0.25) is 17.6 Å². The maximum atomic E-state index is 14.4. The molecule has 57 heavy (non-hydrogen) atoms. The summed E-state index contributed by atoms with van der Waals surface area (Å²) in [5.41, 5.74) is -5.95. The van der Waals surface area contributed by atoms with Crippen molar-refractivity contribution in [3.05, 3.63) is 82.1 Å². The molecule has 2 heterocycles. The van der Waals surface area contributed by atoms with Gasteiger partial charge in [-0.25, -0.2) is 4.79 Å². The molecule has 18 heteroatoms. The topological polar surface area (TPSA) is 266 Å². The van der Waals surface area contributed by atoms with Crippen LogP contribution in [0.5, 0.6) is 5.75 Å². The van der Waals surface area contributed by atoms with E-state index in [4.69, 9.17) is 0 Å². The van der Waals surface area contributed by atoms with Crippen molar-refractivity contribution in [3.63, 3.8) is 0 Å². The van der Waals surface area contributed by atoms with Crippen LogP contribution in [0.2, 0.25) is 0 Å². The number of hydrogen-bond acceptors (Lipinski definition) is 14. The number of carboxylic acid groups (broad SMARTS) is 1. The van der Waals surface area contributed by atoms with Crippen LogP contribution >= 0.6 is 11.8 Å². The van der Waals surface area contributed by atoms with Gasteiger partial charge in [0.1, 0.15) is 46.3 Å². The number of aromatic hydroxyl groups is 1. The van der Waals surface area contributed by atoms with Gasteiger partial charge in [0.05, 0.1) is 23.9 Å². The van der Waals surface area contributed by atoms with E-state index in [1.54, 1.807) is 44.2 Å². The van der Waals surface area contributed by atoms with Crippen molar-refractivity contribution < 1.29 is 59.4 Å². The lowest BCUT2D eigenvalue weighted by Gasteiger charge is -2.53. The number of benzene rings is 2. The molecule has 17 nitrogen and oxygen atoms in total. The molecule has 2 aromatic carbocycles. The Hall–Kier alpha value is -5.27. The molecule has 3 unspecified atom stereocenters. The van der Waals surface area contributed by atoms with E-state index in [-0.39, 0.29) is 17.5 Å². The number of nitrogens with one attached hydrogen (secondary N) is 3. The summed E-state index contributed by atoms with van der Waals surface area (Å²) < 4.78 is -0.825. The second-order valence-corrected chi connectivity index (χ2v) is 17.7. The number of aliphatic carboxylic acids is 1. The van der Waals surface area contributed by atoms with Crippen LogP contribution in [-0.2, 0) is 34.4 Å². The number of thioether (sulfide) groups is 1. The SMILES string of the molecule is CN(C)[C@@H]1C(=O)C(C(=O)NCNC(C(=O)N[C@@H]2C(=O)N3[C@@H]2SC(C)(C)[C@@H]3C(=O)O)c2ccccc2)=C(O)[C@@]2(O)C(=O)C3=C(O)c4c(O)cccc4[C@@](C)(O)C3CC12. The average Bonchev–Trinajstić information content (AvgIpc) is 3.40. The molecule has 3 amide bonds. The number of hydrogen-bond donors (Lipinski definition) is 9. The Morgan fingerprint density at radius 1 is 0.982 bits per heavy atom. The lowest BCUT2D eigenvalue weighted by molar-refractivity contribution is -0.161. The van der Waals surface area contributed by atoms with Gasteiger partial charge in [-0.3, -0.25) is 34.2 Å². The van der Waals surface area contributed by atoms with Crippen molar-refractivity contribution in [2.45, 2.75) is 72.7 Å². The predicted molar refractivity (Wildman–Crippen MR) is 202 cm³/mol. The summed E-state index contributed by atoms with van der Waals surface area (Å²) in [6, 6.07) is 7.73. The van der Waals surface area contributed by atoms with Crippen LogP contribution in [0.3, 0.4) is 0 Å². The van der Waals surface area contributed by atoms with E-state index in [0.717, 1.165) is 0 Å². The molecule has 3 fully saturated rings. The highest BCUT2D eigenvalue weighted by Gasteiger charge is 2.67. The van der Waals surface area contributed by atoms with Gasteiger partial charge in [-0.1, -0.05) is 42.5 Å². The molecule has 0 spiro atoms. The third-order valence-electron chi connectivity index (χ3n) is 11.9. The van der Waals surface area contributed by atoms with Crippen LogP contribution in [-0.4, -0.2) is 130 Å². The molecule has 7 rings (SSSR count). The van der Waals surface area contributed by atoms with E-state index in [1.807, 2.05) is 0 Å². The van der Waals surface area contributed by atoms with Crippen LogP contribution in [0.1, 0.15) is 49.9 Å². The molecule has 2 saturated heterocycles. The number of carbonyl (C=O) groups is 6. The van der Waals surface area contributed by atoms with Crippen molar-refractivity contribution in [1.29, 1.82) is 0 Å². The Kier molecular flexibility index (Phi) is 9.59. The summed E-state index contributed by atoms with van der Waals surface area (Å²) in [6.45, 7) is 4.27. The van der Waals surface area contributed by atoms with Gasteiger partial charge in [-0.15, -0.1) is 11.8 Å². The summed E-state index contributed by atoms with van der Waals surface area (Å²) in [4.78, 5) is 83.8. The highest BCUT2D eigenvalue weighted by Crippen LogP contribution is 2.57. The molecule has 1 saturated carbocycles. The zero-order chi connectivity index (χ0) is 41.7. The maximum absolute atomic E-state index is 14.4. The maximum Gasteiger partial charge on any atom is 0.327 e. The second kappa shape index (κ2) is 13.7. The molecule has 9 N–H and O–H groups in total. The number of carboxylic acids is 1. The van der Waals surface area contributed by atoms with Crippen molar-refractivity contribution >= 4 is 52.8 Å². The number of aliphatic hydroxyl groups is 4. The Labute approximate surface area is 330 Å². The van der Waals surface area contributed by atoms with Crippen LogP contribution in [0.15, 0.2) is 65.4 Å². The summed E-state index contributed by atoms with van der Waals surface area (Å²) in [6.07, 6.45) is -0.304. The molecule has 0 aromatic heterocycles. The standard InChI is InChI=1S/C39H43N5O12S/c1-37(2)29(36(53)54)44-34(52)25(35(44)57-37)42-33(51)24(16-10-7-6-8-11-16)40-15-41-32(50)23-28(47)26(43(4)5)19-14-18-22(30(48)39(19,56)31(23)49)27(46)21-17(38(18,3)55)12-9-13-20(21)45/h6-13,18-19,24-26,29,35,40,45-46,49,55-56H,14-15H2,1-5H3,(H,41,50)(H,42,51)(H,53,54)/t18?,19?,24?,25-,26+,29+,35-,38-,39+/m1/s1. The largest absolute Gasteiger partial charge is 0.508 e. The van der Waals surface area contributed by atoms with Gasteiger partial charge in [0.15, 0.2) is 11.4 Å². The quantitative estimate of drug-likeness (QED) is 0.0930. The number of ketones is 2. The van der Waals surface area contributed by atoms with Crippen molar-refractivity contribution in [2.24, 2.45) is 11.8 Å². The summed E-state index contributed by atoms with van der Waals surface area (Å²) in [5.74, 6) is -10.9. The number of phenolic OH excluding ortho intramolecular Hbond substituents is 1. The smallest absolute Gasteiger partial charge is 0.327 e. The lowest BCUT2D eigenvalue weighted by Crippen LogP contribution is -2.71. The third-order valence-corrected chi connectivity index (χ3v) is 13.5. The Balaban J connectivity index is 1.15. The van der Waals surface area contributed by atoms with Gasteiger partial charge in [0, 0.05) is 22.2 Å². The molecule has 3 aliphatic carbocycles. The number of phenols is 1. The number of carbonyl (C=O) groups excluding carboxylic acids is 5. The van der Waals surface area contributed by atoms with Gasteiger partial charge in [0.25, 0.3) is 5.91 Å². The Morgan fingerprint density at radius 3 is 2.28 bits per heavy atom. The third kappa shape index (κ3) is 5.83. The molecule has 2 aromatic rings. The zero-order valence-corrected chi connectivity index (χ0v) is 32.3. The highest BCUT2D eigenvalue weighted by molar-refractivity contribution is 8.01. The van der Waals surface area contributed by atoms with Crippen LogP contribution in [0, 0.1) is 11.8 Å². The first-order valence-electron chi connectivity index (χ1n) is 18.2. The minimum atomic E-state index is -2.93. The van der Waals surface area contributed by atoms with Gasteiger partial charge < -0.3 is 46.2 Å². The Morgan fingerprint density at radius 2 is 1.65 bits per heavy atom. The Bertz CT molecular complexity index is 2190. The zero-order valence-electron chi connectivity index (χ0n) is 31.5. The van der Waals surface area contributed by atoms with Crippen molar-refractivity contribution in [1.82, 2.24) is 25.8 Å². The number of β-lactam (4-membered cyclic amide) rings is 1. The molecule has 0 bridgehead atoms. The van der Waals surface area contributed by atoms with Gasteiger partial charge >= 0.3 is 5.97 Å². The van der Waals surface area contributed by atoms with Crippen molar-refractivity contribution in [2.75, 3.05) is 20.8 Å². The number of fused-ring (bicyclic) bond motifs is 4. The number of nitrogens with zero attached hydrogens (tertiary/aromatic N) is 2. The normalized spacial score (nSPS) is 31.9. The second-order valence-electron chi connectivity index (χ2n) is 15.9. The van der Waals surface area contributed by atoms with Crippen molar-refractivity contribution in [3.8, 4) is 5.75 Å². The van der Waals surface area contributed by atoms with E-state index < -0.39 is 128 Å². The molecular weight excluding hydrogens is 763 g/mol. The average molecular weight is 806 g/mol. The van der Waals surface area contributed by atoms with E-state index in [0.29, 0.717) is 5.56 Å². The molecule has 0 radical (unpaired) electrons. The van der Waals surface area contributed by atoms with E-state index in [1.165, 1.54) is 60.8 Å². The lowest BCUT2D eigenvalue weighted by atomic mass is 9.54. The number of Topliss-reactive ketones (excluding diaryl/α,β-unsaturated/α-hetero) is 2. The fourth-order valence-electron chi connectivity index (χ4n) is 9.19. The first kappa shape index (κ1) is 39.9. The predicted octanol–water partition coefficient (Wildman–Crippen LogP) is 0.180. The summed E-state index contributed by atoms with van der Waals surface area (Å²) in [7, 11) is 2.95. The fraction of sp³-hybridized carbons (Fsp3) is 0.436. The minimum absolute atomic E-state index is 0.111. The van der Waals surface area contributed by atoms with E-state index in [2.05, 4.69) is 16.0 Å². The highest BCUT2D eigenvalue weighted by atomic mass is 32.2. The van der Waals surface area contributed by atoms with Crippen LogP contribution in [0.4, 0.5) is 0 Å². The number of amides is 3. The number of likely N-dealkylation sites (N-methyl/N-ethyl adjacent to an activating group) is 1. The molecule has 2 aliphatic heterocycles. The molecular formula is C39H43N5O12S. The summed E-state index contributed by atoms with van der Waals surface area (Å²) >= 11 is 1.25. The van der Waals surface area contributed by atoms with Gasteiger partial charge in [-0.2, -0.15) is 0 Å². The molecule has 5 aliphatic rings. The number of aliphatic hydroxyl groups excluding tert-OH is 2. The molecule has 302 valence electrons. The van der Waals surface area contributed by atoms with Crippen LogP contribution in [0.25, 0.3) is 5.76 Å². The van der Waals surface area contributed by atoms with Crippen LogP contribution < -0.4 is 16.0 Å².